The van der Waals surface area contributed by atoms with Crippen molar-refractivity contribution in [3.8, 4) is 0 Å². The van der Waals surface area contributed by atoms with Crippen LogP contribution < -0.4 is 5.32 Å². The van der Waals surface area contributed by atoms with Gasteiger partial charge in [0.1, 0.15) is 5.82 Å². The van der Waals surface area contributed by atoms with E-state index < -0.39 is 0 Å². The number of piperidine rings is 1. The van der Waals surface area contributed by atoms with Gasteiger partial charge in [-0.05, 0) is 37.8 Å². The Kier molecular flexibility index (Phi) is 5.52. The van der Waals surface area contributed by atoms with Crippen LogP contribution in [0.2, 0.25) is 0 Å². The lowest BCUT2D eigenvalue weighted by atomic mass is 9.96. The standard InChI is InChI=1S/C17H25N3O2/c1-12(2)10-16(21)20-9-5-7-14(11-20)17(22)19-15-8-4-6-13(3)18-15/h4,6,8,12,14H,5,7,9-11H2,1-3H3,(H,18,19,22). The summed E-state index contributed by atoms with van der Waals surface area (Å²) in [5, 5.41) is 2.86. The highest BCUT2D eigenvalue weighted by molar-refractivity contribution is 5.92. The summed E-state index contributed by atoms with van der Waals surface area (Å²) in [5.74, 6) is 0.891. The lowest BCUT2D eigenvalue weighted by molar-refractivity contribution is -0.135. The van der Waals surface area contributed by atoms with Crippen molar-refractivity contribution < 1.29 is 9.59 Å². The molecule has 120 valence electrons. The molecule has 0 radical (unpaired) electrons. The number of anilines is 1. The van der Waals surface area contributed by atoms with E-state index in [1.807, 2.05) is 37.8 Å². The Morgan fingerprint density at radius 3 is 2.86 bits per heavy atom. The quantitative estimate of drug-likeness (QED) is 0.930. The van der Waals surface area contributed by atoms with E-state index in [1.54, 1.807) is 6.07 Å². The average Bonchev–Trinajstić information content (AvgIpc) is 2.46. The molecule has 5 nitrogen and oxygen atoms in total. The van der Waals surface area contributed by atoms with Gasteiger partial charge in [0.25, 0.3) is 0 Å². The number of rotatable bonds is 4. The molecule has 2 amide bonds. The number of aromatic nitrogens is 1. The Labute approximate surface area is 132 Å². The Balaban J connectivity index is 1.94. The van der Waals surface area contributed by atoms with Gasteiger partial charge < -0.3 is 10.2 Å². The zero-order valence-corrected chi connectivity index (χ0v) is 13.6. The van der Waals surface area contributed by atoms with Crippen LogP contribution >= 0.6 is 0 Å². The summed E-state index contributed by atoms with van der Waals surface area (Å²) in [6.45, 7) is 7.24. The van der Waals surface area contributed by atoms with E-state index in [2.05, 4.69) is 10.3 Å². The first kappa shape index (κ1) is 16.5. The summed E-state index contributed by atoms with van der Waals surface area (Å²) in [4.78, 5) is 30.7. The minimum Gasteiger partial charge on any atom is -0.342 e. The molecule has 1 fully saturated rings. The number of likely N-dealkylation sites (tertiary alicyclic amines) is 1. The van der Waals surface area contributed by atoms with Gasteiger partial charge in [0.05, 0.1) is 5.92 Å². The number of nitrogens with zero attached hydrogens (tertiary/aromatic N) is 2. The van der Waals surface area contributed by atoms with Crippen LogP contribution in [-0.4, -0.2) is 34.8 Å². The molecule has 2 rings (SSSR count). The Bertz CT molecular complexity index is 542. The van der Waals surface area contributed by atoms with Crippen LogP contribution in [0.15, 0.2) is 18.2 Å². The van der Waals surface area contributed by atoms with Gasteiger partial charge in [-0.15, -0.1) is 0 Å². The molecule has 0 aromatic carbocycles. The molecule has 1 saturated heterocycles. The number of aryl methyl sites for hydroxylation is 1. The molecule has 1 aromatic rings. The molecule has 0 spiro atoms. The minimum atomic E-state index is -0.146. The number of carbonyl (C=O) groups is 2. The van der Waals surface area contributed by atoms with Crippen LogP contribution in [0.3, 0.4) is 0 Å². The SMILES string of the molecule is Cc1cccc(NC(=O)C2CCCN(C(=O)CC(C)C)C2)n1. The van der Waals surface area contributed by atoms with Crippen molar-refractivity contribution in [3.63, 3.8) is 0 Å². The third-order valence-electron chi connectivity index (χ3n) is 3.87. The third kappa shape index (κ3) is 4.55. The Hall–Kier alpha value is -1.91. The van der Waals surface area contributed by atoms with Crippen molar-refractivity contribution in [3.05, 3.63) is 23.9 Å². The summed E-state index contributed by atoms with van der Waals surface area (Å²) >= 11 is 0. The van der Waals surface area contributed by atoms with Crippen LogP contribution in [0.5, 0.6) is 0 Å². The second-order valence-corrected chi connectivity index (χ2v) is 6.43. The molecule has 2 heterocycles. The molecule has 0 aliphatic carbocycles. The number of nitrogens with one attached hydrogen (secondary N) is 1. The minimum absolute atomic E-state index is 0.0415. The van der Waals surface area contributed by atoms with Crippen LogP contribution in [0.25, 0.3) is 0 Å². The Morgan fingerprint density at radius 1 is 1.41 bits per heavy atom. The summed E-state index contributed by atoms with van der Waals surface area (Å²) in [6, 6.07) is 5.55. The van der Waals surface area contributed by atoms with Gasteiger partial charge >= 0.3 is 0 Å². The van der Waals surface area contributed by atoms with E-state index in [4.69, 9.17) is 0 Å². The van der Waals surface area contributed by atoms with Crippen LogP contribution in [0.4, 0.5) is 5.82 Å². The molecule has 1 aliphatic heterocycles. The van der Waals surface area contributed by atoms with Crippen molar-refractivity contribution in [2.75, 3.05) is 18.4 Å². The number of hydrogen-bond donors (Lipinski definition) is 1. The van der Waals surface area contributed by atoms with E-state index in [0.29, 0.717) is 24.7 Å². The highest BCUT2D eigenvalue weighted by atomic mass is 16.2. The van der Waals surface area contributed by atoms with E-state index in [-0.39, 0.29) is 17.7 Å². The molecule has 1 atom stereocenters. The fraction of sp³-hybridized carbons (Fsp3) is 0.588. The molecule has 1 unspecified atom stereocenters. The lowest BCUT2D eigenvalue weighted by Gasteiger charge is -2.32. The van der Waals surface area contributed by atoms with Gasteiger partial charge in [-0.2, -0.15) is 0 Å². The molecule has 1 N–H and O–H groups in total. The molecule has 1 aromatic heterocycles. The number of hydrogen-bond acceptors (Lipinski definition) is 3. The van der Waals surface area contributed by atoms with Gasteiger partial charge in [0.2, 0.25) is 11.8 Å². The average molecular weight is 303 g/mol. The van der Waals surface area contributed by atoms with Crippen molar-refractivity contribution >= 4 is 17.6 Å². The van der Waals surface area contributed by atoms with Crippen molar-refractivity contribution in [2.24, 2.45) is 11.8 Å². The maximum Gasteiger partial charge on any atom is 0.230 e. The Morgan fingerprint density at radius 2 is 2.18 bits per heavy atom. The maximum atomic E-state index is 12.4. The highest BCUT2D eigenvalue weighted by Crippen LogP contribution is 2.20. The second-order valence-electron chi connectivity index (χ2n) is 6.43. The first-order valence-electron chi connectivity index (χ1n) is 7.98. The monoisotopic (exact) mass is 303 g/mol. The molecule has 1 aliphatic rings. The van der Waals surface area contributed by atoms with Gasteiger partial charge in [0, 0.05) is 25.2 Å². The summed E-state index contributed by atoms with van der Waals surface area (Å²) in [6.07, 6.45) is 2.25. The number of carbonyl (C=O) groups excluding carboxylic acids is 2. The van der Waals surface area contributed by atoms with Crippen LogP contribution in [-0.2, 0) is 9.59 Å². The lowest BCUT2D eigenvalue weighted by Crippen LogP contribution is -2.44. The highest BCUT2D eigenvalue weighted by Gasteiger charge is 2.28. The molecule has 5 heteroatoms. The summed E-state index contributed by atoms with van der Waals surface area (Å²) in [5.41, 5.74) is 0.871. The van der Waals surface area contributed by atoms with Crippen molar-refractivity contribution in [2.45, 2.75) is 40.0 Å². The number of amides is 2. The van der Waals surface area contributed by atoms with Crippen molar-refractivity contribution in [1.29, 1.82) is 0 Å². The van der Waals surface area contributed by atoms with Crippen molar-refractivity contribution in [1.82, 2.24) is 9.88 Å². The van der Waals surface area contributed by atoms with E-state index in [0.717, 1.165) is 25.1 Å². The van der Waals surface area contributed by atoms with E-state index in [9.17, 15) is 9.59 Å². The maximum absolute atomic E-state index is 12.4. The predicted molar refractivity (Wildman–Crippen MR) is 86.4 cm³/mol. The summed E-state index contributed by atoms with van der Waals surface area (Å²) < 4.78 is 0. The van der Waals surface area contributed by atoms with Gasteiger partial charge in [-0.3, -0.25) is 9.59 Å². The molecular weight excluding hydrogens is 278 g/mol. The fourth-order valence-corrected chi connectivity index (χ4v) is 2.74. The van der Waals surface area contributed by atoms with Gasteiger partial charge in [-0.1, -0.05) is 19.9 Å². The summed E-state index contributed by atoms with van der Waals surface area (Å²) in [7, 11) is 0. The largest absolute Gasteiger partial charge is 0.342 e. The van der Waals surface area contributed by atoms with Crippen LogP contribution in [0.1, 0.15) is 38.8 Å². The fourth-order valence-electron chi connectivity index (χ4n) is 2.74. The van der Waals surface area contributed by atoms with E-state index >= 15 is 0 Å². The van der Waals surface area contributed by atoms with Gasteiger partial charge in [0.15, 0.2) is 0 Å². The topological polar surface area (TPSA) is 62.3 Å². The number of pyridine rings is 1. The predicted octanol–water partition coefficient (Wildman–Crippen LogP) is 2.61. The molecular formula is C17H25N3O2. The smallest absolute Gasteiger partial charge is 0.230 e. The molecule has 0 saturated carbocycles. The molecule has 22 heavy (non-hydrogen) atoms. The first-order chi connectivity index (χ1) is 10.5. The second kappa shape index (κ2) is 7.38. The first-order valence-corrected chi connectivity index (χ1v) is 7.98. The van der Waals surface area contributed by atoms with Crippen LogP contribution in [0, 0.1) is 18.8 Å². The zero-order chi connectivity index (χ0) is 16.1. The van der Waals surface area contributed by atoms with Gasteiger partial charge in [-0.25, -0.2) is 4.98 Å². The van der Waals surface area contributed by atoms with E-state index in [1.165, 1.54) is 0 Å². The third-order valence-corrected chi connectivity index (χ3v) is 3.87. The molecule has 0 bridgehead atoms. The normalized spacial score (nSPS) is 18.4. The zero-order valence-electron chi connectivity index (χ0n) is 13.6.